The van der Waals surface area contributed by atoms with Crippen molar-refractivity contribution in [3.8, 4) is 0 Å². The molecule has 0 bridgehead atoms. The number of nitrogens with zero attached hydrogens (tertiary/aromatic N) is 3. The molecule has 104 valence electrons. The highest BCUT2D eigenvalue weighted by molar-refractivity contribution is 9.10. The largest absolute Gasteiger partial charge is 0.373 e. The molecule has 0 aliphatic carbocycles. The van der Waals surface area contributed by atoms with Crippen LogP contribution >= 0.6 is 15.9 Å². The molecule has 2 aliphatic rings. The molecule has 3 rings (SSSR count). The molecule has 3 heterocycles. The Morgan fingerprint density at radius 2 is 2.21 bits per heavy atom. The Hall–Kier alpha value is -0.720. The Bertz CT molecular complexity index is 414. The summed E-state index contributed by atoms with van der Waals surface area (Å²) < 4.78 is 6.82. The highest BCUT2D eigenvalue weighted by Gasteiger charge is 2.30. The number of aromatic nitrogens is 2. The summed E-state index contributed by atoms with van der Waals surface area (Å²) in [5.41, 5.74) is 0. The van der Waals surface area contributed by atoms with Gasteiger partial charge in [-0.05, 0) is 35.3 Å². The first-order chi connectivity index (χ1) is 9.31. The first-order valence-corrected chi connectivity index (χ1v) is 7.67. The van der Waals surface area contributed by atoms with Crippen LogP contribution in [-0.4, -0.2) is 53.3 Å². The second-order valence-corrected chi connectivity index (χ2v) is 6.12. The average Bonchev–Trinajstić information content (AvgIpc) is 2.46. The van der Waals surface area contributed by atoms with Gasteiger partial charge in [-0.3, -0.25) is 4.90 Å². The van der Waals surface area contributed by atoms with Crippen molar-refractivity contribution in [2.45, 2.75) is 31.4 Å². The Labute approximate surface area is 121 Å². The van der Waals surface area contributed by atoms with Crippen LogP contribution in [0.1, 0.15) is 19.3 Å². The summed E-state index contributed by atoms with van der Waals surface area (Å²) in [5, 5.41) is 3.24. The Kier molecular flexibility index (Phi) is 4.30. The van der Waals surface area contributed by atoms with Gasteiger partial charge in [-0.15, -0.1) is 0 Å². The van der Waals surface area contributed by atoms with E-state index in [-0.39, 0.29) is 6.10 Å². The van der Waals surface area contributed by atoms with Crippen molar-refractivity contribution in [1.29, 1.82) is 0 Å². The SMILES string of the molecule is Brc1cnc(NC[C@H]2CN3CCCC[C@H]3CO2)nc1. The van der Waals surface area contributed by atoms with E-state index in [0.29, 0.717) is 12.0 Å². The second kappa shape index (κ2) is 6.15. The first-order valence-electron chi connectivity index (χ1n) is 6.88. The maximum Gasteiger partial charge on any atom is 0.222 e. The molecule has 1 N–H and O–H groups in total. The molecule has 0 unspecified atom stereocenters. The van der Waals surface area contributed by atoms with Crippen LogP contribution in [0, 0.1) is 0 Å². The molecule has 0 aromatic carbocycles. The number of fused-ring (bicyclic) bond motifs is 1. The summed E-state index contributed by atoms with van der Waals surface area (Å²) in [6.07, 6.45) is 7.69. The normalized spacial score (nSPS) is 27.8. The van der Waals surface area contributed by atoms with E-state index in [0.717, 1.165) is 24.2 Å². The summed E-state index contributed by atoms with van der Waals surface area (Å²) in [5.74, 6) is 0.660. The molecular formula is C13H19BrN4O. The zero-order valence-electron chi connectivity index (χ0n) is 10.9. The molecule has 0 amide bonds. The van der Waals surface area contributed by atoms with E-state index in [4.69, 9.17) is 4.74 Å². The first kappa shape index (κ1) is 13.3. The van der Waals surface area contributed by atoms with Crippen LogP contribution in [0.25, 0.3) is 0 Å². The second-order valence-electron chi connectivity index (χ2n) is 5.21. The zero-order chi connectivity index (χ0) is 13.1. The van der Waals surface area contributed by atoms with Crippen molar-refractivity contribution in [2.24, 2.45) is 0 Å². The van der Waals surface area contributed by atoms with Crippen LogP contribution in [0.3, 0.4) is 0 Å². The number of hydrogen-bond acceptors (Lipinski definition) is 5. The van der Waals surface area contributed by atoms with Crippen molar-refractivity contribution in [3.63, 3.8) is 0 Å². The monoisotopic (exact) mass is 326 g/mol. The molecule has 6 heteroatoms. The van der Waals surface area contributed by atoms with Crippen molar-refractivity contribution in [1.82, 2.24) is 14.9 Å². The summed E-state index contributed by atoms with van der Waals surface area (Å²) in [6, 6.07) is 0.647. The number of halogens is 1. The molecule has 2 fully saturated rings. The number of piperidine rings is 1. The number of anilines is 1. The van der Waals surface area contributed by atoms with Crippen LogP contribution in [0.2, 0.25) is 0 Å². The van der Waals surface area contributed by atoms with E-state index < -0.39 is 0 Å². The molecule has 2 atom stereocenters. The highest BCUT2D eigenvalue weighted by Crippen LogP contribution is 2.22. The van der Waals surface area contributed by atoms with Crippen molar-refractivity contribution in [3.05, 3.63) is 16.9 Å². The minimum absolute atomic E-state index is 0.238. The van der Waals surface area contributed by atoms with Gasteiger partial charge in [0.2, 0.25) is 5.95 Å². The van der Waals surface area contributed by atoms with Crippen LogP contribution in [0.4, 0.5) is 5.95 Å². The standard InChI is InChI=1S/C13H19BrN4O/c14-10-5-15-13(16-6-10)17-7-12-8-18-4-2-1-3-11(18)9-19-12/h5-6,11-12H,1-4,7-9H2,(H,15,16,17)/t11-,12-/m0/s1. The predicted octanol–water partition coefficient (Wildman–Crippen LogP) is 1.90. The lowest BCUT2D eigenvalue weighted by Crippen LogP contribution is -2.53. The molecule has 0 radical (unpaired) electrons. The fourth-order valence-electron chi connectivity index (χ4n) is 2.78. The van der Waals surface area contributed by atoms with Gasteiger partial charge in [0.05, 0.1) is 17.2 Å². The van der Waals surface area contributed by atoms with Gasteiger partial charge in [0.25, 0.3) is 0 Å². The summed E-state index contributed by atoms with van der Waals surface area (Å²) in [4.78, 5) is 11.0. The summed E-state index contributed by atoms with van der Waals surface area (Å²) in [6.45, 7) is 3.88. The van der Waals surface area contributed by atoms with Gasteiger partial charge in [-0.25, -0.2) is 9.97 Å². The van der Waals surface area contributed by atoms with Gasteiger partial charge in [-0.1, -0.05) is 6.42 Å². The van der Waals surface area contributed by atoms with Crippen LogP contribution in [0.5, 0.6) is 0 Å². The Morgan fingerprint density at radius 1 is 1.37 bits per heavy atom. The van der Waals surface area contributed by atoms with Crippen molar-refractivity contribution >= 4 is 21.9 Å². The van der Waals surface area contributed by atoms with Gasteiger partial charge in [0, 0.05) is 31.5 Å². The van der Waals surface area contributed by atoms with Crippen molar-refractivity contribution < 1.29 is 4.74 Å². The number of hydrogen-bond donors (Lipinski definition) is 1. The van der Waals surface area contributed by atoms with Crippen LogP contribution in [-0.2, 0) is 4.74 Å². The van der Waals surface area contributed by atoms with Crippen LogP contribution in [0.15, 0.2) is 16.9 Å². The van der Waals surface area contributed by atoms with Gasteiger partial charge in [-0.2, -0.15) is 0 Å². The number of nitrogens with one attached hydrogen (secondary N) is 1. The quantitative estimate of drug-likeness (QED) is 0.919. The number of morpholine rings is 1. The molecule has 19 heavy (non-hydrogen) atoms. The molecule has 1 aromatic heterocycles. The Morgan fingerprint density at radius 3 is 3.05 bits per heavy atom. The topological polar surface area (TPSA) is 50.3 Å². The summed E-state index contributed by atoms with van der Waals surface area (Å²) >= 11 is 3.33. The minimum Gasteiger partial charge on any atom is -0.373 e. The van der Waals surface area contributed by atoms with Gasteiger partial charge in [0.15, 0.2) is 0 Å². The zero-order valence-corrected chi connectivity index (χ0v) is 12.5. The van der Waals surface area contributed by atoms with Gasteiger partial charge < -0.3 is 10.1 Å². The lowest BCUT2D eigenvalue weighted by molar-refractivity contribution is -0.0689. The fourth-order valence-corrected chi connectivity index (χ4v) is 2.99. The smallest absolute Gasteiger partial charge is 0.222 e. The maximum absolute atomic E-state index is 5.92. The average molecular weight is 327 g/mol. The van der Waals surface area contributed by atoms with Crippen LogP contribution < -0.4 is 5.32 Å². The van der Waals surface area contributed by atoms with E-state index in [1.54, 1.807) is 12.4 Å². The maximum atomic E-state index is 5.92. The molecule has 0 spiro atoms. The molecule has 5 nitrogen and oxygen atoms in total. The molecule has 1 aromatic rings. The third-order valence-corrected chi connectivity index (χ3v) is 4.23. The van der Waals surface area contributed by atoms with E-state index >= 15 is 0 Å². The fraction of sp³-hybridized carbons (Fsp3) is 0.692. The third kappa shape index (κ3) is 3.43. The molecule has 2 saturated heterocycles. The molecular weight excluding hydrogens is 308 g/mol. The highest BCUT2D eigenvalue weighted by atomic mass is 79.9. The van der Waals surface area contributed by atoms with Gasteiger partial charge in [0.1, 0.15) is 0 Å². The molecule has 2 aliphatic heterocycles. The van der Waals surface area contributed by atoms with E-state index in [9.17, 15) is 0 Å². The van der Waals surface area contributed by atoms with Crippen molar-refractivity contribution in [2.75, 3.05) is 31.6 Å². The van der Waals surface area contributed by atoms with E-state index in [1.807, 2.05) is 0 Å². The van der Waals surface area contributed by atoms with Gasteiger partial charge >= 0.3 is 0 Å². The van der Waals surface area contributed by atoms with E-state index in [1.165, 1.54) is 25.8 Å². The lowest BCUT2D eigenvalue weighted by Gasteiger charge is -2.42. The van der Waals surface area contributed by atoms with E-state index in [2.05, 4.69) is 36.1 Å². The third-order valence-electron chi connectivity index (χ3n) is 3.82. The predicted molar refractivity (Wildman–Crippen MR) is 77.2 cm³/mol. The Balaban J connectivity index is 1.49. The number of ether oxygens (including phenoxy) is 1. The summed E-state index contributed by atoms with van der Waals surface area (Å²) in [7, 11) is 0. The minimum atomic E-state index is 0.238. The number of rotatable bonds is 3. The lowest BCUT2D eigenvalue weighted by atomic mass is 10.0. The molecule has 0 saturated carbocycles.